The van der Waals surface area contributed by atoms with Crippen LogP contribution in [0.15, 0.2) is 30.3 Å². The predicted molar refractivity (Wildman–Crippen MR) is 103 cm³/mol. The number of hydrogen-bond acceptors (Lipinski definition) is 4. The molecule has 0 radical (unpaired) electrons. The van der Waals surface area contributed by atoms with Gasteiger partial charge in [-0.1, -0.05) is 6.07 Å². The number of nitrogens with zero attached hydrogens (tertiary/aromatic N) is 1. The van der Waals surface area contributed by atoms with Crippen molar-refractivity contribution in [2.75, 3.05) is 5.32 Å². The first-order valence-corrected chi connectivity index (χ1v) is 10.0. The van der Waals surface area contributed by atoms with E-state index in [1.807, 2.05) is 12.1 Å². The number of carbonyl (C=O) groups is 2. The molecule has 6 heteroatoms. The number of anilines is 1. The molecule has 5 atom stereocenters. The average Bonchev–Trinajstić information content (AvgIpc) is 3.41. The van der Waals surface area contributed by atoms with E-state index in [1.54, 1.807) is 18.2 Å². The van der Waals surface area contributed by atoms with Crippen LogP contribution in [-0.4, -0.2) is 11.8 Å². The van der Waals surface area contributed by atoms with Gasteiger partial charge in [-0.05, 0) is 78.3 Å². The van der Waals surface area contributed by atoms with Gasteiger partial charge >= 0.3 is 0 Å². The molecule has 6 rings (SSSR count). The molecule has 0 unspecified atom stereocenters. The number of nitrogens with one attached hydrogen (secondary N) is 2. The molecule has 2 heterocycles. The highest BCUT2D eigenvalue weighted by Crippen LogP contribution is 2.64. The average molecular weight is 387 g/mol. The quantitative estimate of drug-likeness (QED) is 0.728. The zero-order valence-corrected chi connectivity index (χ0v) is 15.5. The molecule has 2 aliphatic carbocycles. The third kappa shape index (κ3) is 2.19. The summed E-state index contributed by atoms with van der Waals surface area (Å²) in [4.78, 5) is 24.3. The van der Waals surface area contributed by atoms with Gasteiger partial charge < -0.3 is 5.32 Å². The Bertz CT molecular complexity index is 1150. The number of benzene rings is 2. The molecule has 4 aliphatic rings. The van der Waals surface area contributed by atoms with E-state index < -0.39 is 5.82 Å². The third-order valence-electron chi connectivity index (χ3n) is 7.41. The highest BCUT2D eigenvalue weighted by atomic mass is 19.1. The number of hydrogen-bond donors (Lipinski definition) is 2. The van der Waals surface area contributed by atoms with Crippen LogP contribution in [0.1, 0.15) is 68.6 Å². The van der Waals surface area contributed by atoms with Gasteiger partial charge in [0.05, 0.1) is 22.7 Å². The normalized spacial score (nSPS) is 30.8. The number of rotatable bonds is 1. The van der Waals surface area contributed by atoms with Gasteiger partial charge in [-0.3, -0.25) is 14.9 Å². The van der Waals surface area contributed by atoms with Crippen LogP contribution >= 0.6 is 0 Å². The molecule has 2 bridgehead atoms. The molecule has 144 valence electrons. The maximum Gasteiger partial charge on any atom is 0.259 e. The topological polar surface area (TPSA) is 82.0 Å². The van der Waals surface area contributed by atoms with Crippen LogP contribution in [0.25, 0.3) is 0 Å². The first-order valence-electron chi connectivity index (χ1n) is 10.0. The molecule has 0 saturated heterocycles. The maximum absolute atomic E-state index is 13.9. The fourth-order valence-electron chi connectivity index (χ4n) is 6.30. The summed E-state index contributed by atoms with van der Waals surface area (Å²) in [5, 5.41) is 15.2. The molecular formula is C23H18FN3O2. The van der Waals surface area contributed by atoms with E-state index in [4.69, 9.17) is 0 Å². The second-order valence-electron chi connectivity index (χ2n) is 8.68. The van der Waals surface area contributed by atoms with Crippen LogP contribution in [0.5, 0.6) is 0 Å². The number of nitriles is 1. The minimum absolute atomic E-state index is 0.0475. The minimum Gasteiger partial charge on any atom is -0.378 e. The number of fused-ring (bicyclic) bond motifs is 8. The molecule has 2 amide bonds. The van der Waals surface area contributed by atoms with Crippen molar-refractivity contribution in [1.29, 1.82) is 5.26 Å². The monoisotopic (exact) mass is 387 g/mol. The Hall–Kier alpha value is -3.20. The number of amides is 2. The second-order valence-corrected chi connectivity index (χ2v) is 8.68. The van der Waals surface area contributed by atoms with Crippen molar-refractivity contribution in [2.45, 2.75) is 31.2 Å². The van der Waals surface area contributed by atoms with Crippen molar-refractivity contribution in [3.05, 3.63) is 64.0 Å². The minimum atomic E-state index is -0.509. The largest absolute Gasteiger partial charge is 0.378 e. The van der Waals surface area contributed by atoms with Gasteiger partial charge in [0, 0.05) is 5.69 Å². The lowest BCUT2D eigenvalue weighted by Crippen LogP contribution is -2.35. The Kier molecular flexibility index (Phi) is 3.27. The summed E-state index contributed by atoms with van der Waals surface area (Å²) >= 11 is 0. The summed E-state index contributed by atoms with van der Waals surface area (Å²) in [6, 6.07) is 10.3. The maximum atomic E-state index is 13.9. The Morgan fingerprint density at radius 2 is 1.79 bits per heavy atom. The summed E-state index contributed by atoms with van der Waals surface area (Å²) in [6.45, 7) is 0. The van der Waals surface area contributed by atoms with E-state index in [9.17, 15) is 19.2 Å². The lowest BCUT2D eigenvalue weighted by atomic mass is 9.67. The number of carbonyl (C=O) groups excluding carboxylic acids is 2. The Labute approximate surface area is 166 Å². The molecule has 2 N–H and O–H groups in total. The zero-order chi connectivity index (χ0) is 19.9. The van der Waals surface area contributed by atoms with Gasteiger partial charge in [0.1, 0.15) is 11.9 Å². The van der Waals surface area contributed by atoms with Crippen LogP contribution in [0.2, 0.25) is 0 Å². The fourth-order valence-corrected chi connectivity index (χ4v) is 6.30. The molecule has 2 aliphatic heterocycles. The van der Waals surface area contributed by atoms with Crippen molar-refractivity contribution in [3.63, 3.8) is 0 Å². The number of halogens is 1. The molecule has 29 heavy (non-hydrogen) atoms. The van der Waals surface area contributed by atoms with Crippen LogP contribution in [0.4, 0.5) is 10.1 Å². The standard InChI is InChI=1S/C23H18FN3O2/c24-17-4-3-12(6-13(17)9-25)21-20-11-2-1-10(5-11)19(20)16-7-14-15(8-18(16)26-21)23(29)27-22(14)28/h3-4,6-8,10-11,19-21,26H,1-2,5H2,(H,27,28,29)/t10-,11+,19-,20-,21+/m1/s1. The summed E-state index contributed by atoms with van der Waals surface area (Å²) in [5.74, 6) is 0.555. The van der Waals surface area contributed by atoms with Gasteiger partial charge in [0.2, 0.25) is 0 Å². The molecule has 5 nitrogen and oxygen atoms in total. The third-order valence-corrected chi connectivity index (χ3v) is 7.41. The Morgan fingerprint density at radius 3 is 2.59 bits per heavy atom. The smallest absolute Gasteiger partial charge is 0.259 e. The molecular weight excluding hydrogens is 369 g/mol. The Balaban J connectivity index is 1.52. The second kappa shape index (κ2) is 5.66. The summed E-state index contributed by atoms with van der Waals surface area (Å²) < 4.78 is 13.9. The molecule has 2 aromatic rings. The van der Waals surface area contributed by atoms with E-state index in [0.717, 1.165) is 23.2 Å². The van der Waals surface area contributed by atoms with Gasteiger partial charge in [-0.15, -0.1) is 0 Å². The summed E-state index contributed by atoms with van der Waals surface area (Å²) in [5.41, 5.74) is 3.80. The molecule has 2 saturated carbocycles. The lowest BCUT2D eigenvalue weighted by Gasteiger charge is -2.43. The van der Waals surface area contributed by atoms with Gasteiger partial charge in [0.15, 0.2) is 0 Å². The first-order chi connectivity index (χ1) is 14.0. The van der Waals surface area contributed by atoms with Crippen molar-refractivity contribution in [3.8, 4) is 6.07 Å². The number of imide groups is 1. The first kappa shape index (κ1) is 16.7. The lowest BCUT2D eigenvalue weighted by molar-refractivity contribution is 0.0879. The molecule has 0 spiro atoms. The van der Waals surface area contributed by atoms with Crippen LogP contribution < -0.4 is 10.6 Å². The zero-order valence-electron chi connectivity index (χ0n) is 15.5. The van der Waals surface area contributed by atoms with Crippen molar-refractivity contribution < 1.29 is 14.0 Å². The Morgan fingerprint density at radius 1 is 1.03 bits per heavy atom. The van der Waals surface area contributed by atoms with Gasteiger partial charge in [0.25, 0.3) is 11.8 Å². The molecule has 2 aromatic carbocycles. The van der Waals surface area contributed by atoms with Gasteiger partial charge in [-0.2, -0.15) is 5.26 Å². The molecule has 2 fully saturated rings. The summed E-state index contributed by atoms with van der Waals surface area (Å²) in [6.07, 6.45) is 3.50. The van der Waals surface area contributed by atoms with E-state index in [1.165, 1.54) is 18.9 Å². The van der Waals surface area contributed by atoms with Crippen LogP contribution in [-0.2, 0) is 0 Å². The van der Waals surface area contributed by atoms with Gasteiger partial charge in [-0.25, -0.2) is 4.39 Å². The van der Waals surface area contributed by atoms with Crippen LogP contribution in [0, 0.1) is 34.9 Å². The van der Waals surface area contributed by atoms with Crippen molar-refractivity contribution in [2.24, 2.45) is 17.8 Å². The predicted octanol–water partition coefficient (Wildman–Crippen LogP) is 3.88. The highest BCUT2D eigenvalue weighted by molar-refractivity contribution is 6.22. The van der Waals surface area contributed by atoms with Crippen molar-refractivity contribution >= 4 is 17.5 Å². The fraction of sp³-hybridized carbons (Fsp3) is 0.348. The van der Waals surface area contributed by atoms with E-state index in [0.29, 0.717) is 34.8 Å². The van der Waals surface area contributed by atoms with E-state index in [2.05, 4.69) is 10.6 Å². The summed E-state index contributed by atoms with van der Waals surface area (Å²) in [7, 11) is 0. The van der Waals surface area contributed by atoms with E-state index >= 15 is 0 Å². The highest BCUT2D eigenvalue weighted by Gasteiger charge is 2.54. The van der Waals surface area contributed by atoms with Crippen molar-refractivity contribution in [1.82, 2.24) is 5.32 Å². The SMILES string of the molecule is N#Cc1cc([C@@H]2Nc3cc4c(cc3[C@H]3[C@@H]5CC[C@@H](C5)[C@H]32)C(=O)NC4=O)ccc1F. The van der Waals surface area contributed by atoms with Crippen LogP contribution in [0.3, 0.4) is 0 Å². The molecule has 0 aromatic heterocycles. The van der Waals surface area contributed by atoms with E-state index in [-0.39, 0.29) is 23.4 Å².